The summed E-state index contributed by atoms with van der Waals surface area (Å²) in [5.74, 6) is 2.25. The molecule has 2 aliphatic rings. The summed E-state index contributed by atoms with van der Waals surface area (Å²) in [4.78, 5) is 26.2. The van der Waals surface area contributed by atoms with Crippen LogP contribution in [-0.4, -0.2) is 57.5 Å². The number of hydrogen-bond acceptors (Lipinski definition) is 7. The molecule has 7 nitrogen and oxygen atoms in total. The van der Waals surface area contributed by atoms with E-state index in [9.17, 15) is 4.79 Å². The molecule has 1 saturated carbocycles. The van der Waals surface area contributed by atoms with Crippen molar-refractivity contribution in [2.24, 2.45) is 5.92 Å². The summed E-state index contributed by atoms with van der Waals surface area (Å²) in [6, 6.07) is 0. The highest BCUT2D eigenvalue weighted by molar-refractivity contribution is 7.09. The number of aryl methyl sites for hydroxylation is 1. The first-order valence-electron chi connectivity index (χ1n) is 8.79. The maximum atomic E-state index is 11.9. The van der Waals surface area contributed by atoms with E-state index in [4.69, 9.17) is 4.52 Å². The highest BCUT2D eigenvalue weighted by Gasteiger charge is 2.34. The third-order valence-electron chi connectivity index (χ3n) is 4.98. The van der Waals surface area contributed by atoms with Gasteiger partial charge in [0.2, 0.25) is 11.8 Å². The summed E-state index contributed by atoms with van der Waals surface area (Å²) >= 11 is 1.71. The van der Waals surface area contributed by atoms with Crippen molar-refractivity contribution in [1.29, 1.82) is 0 Å². The van der Waals surface area contributed by atoms with Crippen LogP contribution in [0.15, 0.2) is 10.0 Å². The van der Waals surface area contributed by atoms with Gasteiger partial charge in [0.25, 0.3) is 0 Å². The van der Waals surface area contributed by atoms with Gasteiger partial charge >= 0.3 is 0 Å². The van der Waals surface area contributed by atoms with Crippen molar-refractivity contribution < 1.29 is 9.32 Å². The molecule has 0 N–H and O–H groups in total. The fourth-order valence-electron chi connectivity index (χ4n) is 3.09. The van der Waals surface area contributed by atoms with Crippen LogP contribution >= 0.6 is 11.3 Å². The van der Waals surface area contributed by atoms with Crippen LogP contribution in [0.5, 0.6) is 0 Å². The van der Waals surface area contributed by atoms with Crippen LogP contribution in [-0.2, 0) is 17.8 Å². The predicted molar refractivity (Wildman–Crippen MR) is 93.2 cm³/mol. The SMILES string of the molecule is Cc1ncsc1CN1CC(c2nc(CCN(C)C(=O)C3CC3)no2)C1. The van der Waals surface area contributed by atoms with Gasteiger partial charge in [0.1, 0.15) is 0 Å². The van der Waals surface area contributed by atoms with Gasteiger partial charge in [-0.1, -0.05) is 5.16 Å². The van der Waals surface area contributed by atoms with Crippen molar-refractivity contribution in [3.8, 4) is 0 Å². The average molecular weight is 361 g/mol. The van der Waals surface area contributed by atoms with Crippen LogP contribution in [0.4, 0.5) is 0 Å². The Morgan fingerprint density at radius 3 is 2.92 bits per heavy atom. The number of likely N-dealkylation sites (tertiary alicyclic amines) is 1. The molecule has 0 atom stereocenters. The Morgan fingerprint density at radius 2 is 2.24 bits per heavy atom. The van der Waals surface area contributed by atoms with E-state index in [-0.39, 0.29) is 11.8 Å². The summed E-state index contributed by atoms with van der Waals surface area (Å²) in [5.41, 5.74) is 3.02. The maximum absolute atomic E-state index is 11.9. The van der Waals surface area contributed by atoms with E-state index < -0.39 is 0 Å². The summed E-state index contributed by atoms with van der Waals surface area (Å²) in [7, 11) is 1.85. The number of rotatable bonds is 7. The molecule has 2 aromatic rings. The number of carbonyl (C=O) groups is 1. The molecule has 1 aliphatic heterocycles. The second kappa shape index (κ2) is 6.84. The zero-order valence-electron chi connectivity index (χ0n) is 14.6. The molecule has 25 heavy (non-hydrogen) atoms. The highest BCUT2D eigenvalue weighted by atomic mass is 32.1. The maximum Gasteiger partial charge on any atom is 0.232 e. The number of hydrogen-bond donors (Lipinski definition) is 0. The predicted octanol–water partition coefficient (Wildman–Crippen LogP) is 1.84. The van der Waals surface area contributed by atoms with Gasteiger partial charge in [0.05, 0.1) is 17.1 Å². The van der Waals surface area contributed by atoms with Gasteiger partial charge in [-0.05, 0) is 19.8 Å². The van der Waals surface area contributed by atoms with Gasteiger partial charge in [-0.2, -0.15) is 4.98 Å². The van der Waals surface area contributed by atoms with Crippen LogP contribution < -0.4 is 0 Å². The number of thiazole rings is 1. The quantitative estimate of drug-likeness (QED) is 0.749. The van der Waals surface area contributed by atoms with E-state index in [2.05, 4.69) is 26.9 Å². The lowest BCUT2D eigenvalue weighted by Gasteiger charge is -2.36. The minimum Gasteiger partial charge on any atom is -0.345 e. The van der Waals surface area contributed by atoms with E-state index in [0.29, 0.717) is 24.7 Å². The second-order valence-corrected chi connectivity index (χ2v) is 8.02. The zero-order chi connectivity index (χ0) is 17.4. The molecule has 0 unspecified atom stereocenters. The molecule has 0 spiro atoms. The minimum atomic E-state index is 0.247. The van der Waals surface area contributed by atoms with Gasteiger partial charge in [-0.3, -0.25) is 9.69 Å². The molecule has 1 aliphatic carbocycles. The zero-order valence-corrected chi connectivity index (χ0v) is 15.5. The fourth-order valence-corrected chi connectivity index (χ4v) is 3.91. The Labute approximate surface area is 151 Å². The normalized spacial score (nSPS) is 18.3. The lowest BCUT2D eigenvalue weighted by Crippen LogP contribution is -2.44. The van der Waals surface area contributed by atoms with Gasteiger partial charge in [-0.15, -0.1) is 11.3 Å². The smallest absolute Gasteiger partial charge is 0.232 e. The average Bonchev–Trinajstić information content (AvgIpc) is 3.18. The molecule has 4 rings (SSSR count). The molecule has 1 amide bonds. The summed E-state index contributed by atoms with van der Waals surface area (Å²) in [5, 5.41) is 4.08. The van der Waals surface area contributed by atoms with Crippen LogP contribution in [0.3, 0.4) is 0 Å². The second-order valence-electron chi connectivity index (χ2n) is 7.08. The lowest BCUT2D eigenvalue weighted by molar-refractivity contribution is -0.131. The molecule has 0 bridgehead atoms. The van der Waals surface area contributed by atoms with Crippen LogP contribution in [0.25, 0.3) is 0 Å². The molecule has 8 heteroatoms. The van der Waals surface area contributed by atoms with Crippen LogP contribution in [0.1, 0.15) is 41.0 Å². The van der Waals surface area contributed by atoms with Crippen molar-refractivity contribution in [3.05, 3.63) is 27.8 Å². The van der Waals surface area contributed by atoms with Crippen LogP contribution in [0.2, 0.25) is 0 Å². The number of likely N-dealkylation sites (N-methyl/N-ethyl adjacent to an activating group) is 1. The number of carbonyl (C=O) groups excluding carboxylic acids is 1. The van der Waals surface area contributed by atoms with Crippen molar-refractivity contribution >= 4 is 17.2 Å². The Hall–Kier alpha value is -1.80. The molecule has 134 valence electrons. The number of nitrogens with zero attached hydrogens (tertiary/aromatic N) is 5. The Balaban J connectivity index is 1.23. The van der Waals surface area contributed by atoms with Crippen molar-refractivity contribution in [2.75, 3.05) is 26.7 Å². The molecular formula is C17H23N5O2S. The Morgan fingerprint density at radius 1 is 1.44 bits per heavy atom. The third-order valence-corrected chi connectivity index (χ3v) is 5.90. The van der Waals surface area contributed by atoms with E-state index >= 15 is 0 Å². The largest absolute Gasteiger partial charge is 0.345 e. The number of amides is 1. The Bertz CT molecular complexity index is 748. The van der Waals surface area contributed by atoms with E-state index in [1.165, 1.54) is 4.88 Å². The van der Waals surface area contributed by atoms with E-state index in [1.807, 2.05) is 12.6 Å². The fraction of sp³-hybridized carbons (Fsp3) is 0.647. The van der Waals surface area contributed by atoms with E-state index in [1.54, 1.807) is 16.2 Å². The first-order chi connectivity index (χ1) is 12.1. The van der Waals surface area contributed by atoms with Crippen molar-refractivity contribution in [3.63, 3.8) is 0 Å². The molecular weight excluding hydrogens is 338 g/mol. The van der Waals surface area contributed by atoms with Gasteiger partial charge in [0, 0.05) is 50.4 Å². The molecule has 0 aromatic carbocycles. The summed E-state index contributed by atoms with van der Waals surface area (Å²) in [6.07, 6.45) is 2.72. The van der Waals surface area contributed by atoms with Crippen LogP contribution in [0, 0.1) is 12.8 Å². The van der Waals surface area contributed by atoms with Crippen molar-refractivity contribution in [2.45, 2.75) is 38.6 Å². The third kappa shape index (κ3) is 3.74. The molecule has 2 fully saturated rings. The minimum absolute atomic E-state index is 0.247. The van der Waals surface area contributed by atoms with Gasteiger partial charge < -0.3 is 9.42 Å². The Kier molecular flexibility index (Phi) is 4.56. The van der Waals surface area contributed by atoms with Gasteiger partial charge in [-0.25, -0.2) is 4.98 Å². The highest BCUT2D eigenvalue weighted by Crippen LogP contribution is 2.31. The van der Waals surface area contributed by atoms with Gasteiger partial charge in [0.15, 0.2) is 5.82 Å². The first kappa shape index (κ1) is 16.7. The summed E-state index contributed by atoms with van der Waals surface area (Å²) in [6.45, 7) is 5.54. The monoisotopic (exact) mass is 361 g/mol. The van der Waals surface area contributed by atoms with Crippen molar-refractivity contribution in [1.82, 2.24) is 24.9 Å². The lowest BCUT2D eigenvalue weighted by atomic mass is 10.00. The molecule has 3 heterocycles. The number of aromatic nitrogens is 3. The topological polar surface area (TPSA) is 75.4 Å². The van der Waals surface area contributed by atoms with E-state index in [0.717, 1.165) is 44.1 Å². The molecule has 0 radical (unpaired) electrons. The molecule has 2 aromatic heterocycles. The first-order valence-corrected chi connectivity index (χ1v) is 9.67. The standard InChI is InChI=1S/C17H23N5O2S/c1-11-14(25-10-18-11)9-22-7-13(8-22)16-19-15(20-24-16)5-6-21(2)17(23)12-3-4-12/h10,12-13H,3-9H2,1-2H3. The summed E-state index contributed by atoms with van der Waals surface area (Å²) < 4.78 is 5.43. The molecule has 1 saturated heterocycles.